The van der Waals surface area contributed by atoms with Crippen molar-refractivity contribution in [2.45, 2.75) is 46.6 Å². The van der Waals surface area contributed by atoms with Crippen molar-refractivity contribution < 1.29 is 9.18 Å². The molecule has 0 atom stereocenters. The first-order valence-electron chi connectivity index (χ1n) is 9.32. The number of thiazole rings is 1. The summed E-state index contributed by atoms with van der Waals surface area (Å²) in [6.45, 7) is 6.36. The highest BCUT2D eigenvalue weighted by atomic mass is 32.1. The van der Waals surface area contributed by atoms with Gasteiger partial charge in [-0.05, 0) is 57.0 Å². The van der Waals surface area contributed by atoms with Gasteiger partial charge in [0.05, 0.1) is 30.4 Å². The largest absolute Gasteiger partial charge is 0.302 e. The standard InChI is InChI=1S/C21H22FN5OS/c1-13-18(14(2)27(26-13)12-4-11-23)9-10-19(28)24-21-25-20(15(3)29-21)16-5-7-17(22)8-6-16/h5-8H,4,9-10,12H2,1-3H3,(H,24,25,28). The summed E-state index contributed by atoms with van der Waals surface area (Å²) in [7, 11) is 0. The number of nitriles is 1. The molecule has 8 heteroatoms. The van der Waals surface area contributed by atoms with E-state index in [1.54, 1.807) is 12.1 Å². The first kappa shape index (κ1) is 20.7. The van der Waals surface area contributed by atoms with Crippen molar-refractivity contribution in [2.24, 2.45) is 0 Å². The van der Waals surface area contributed by atoms with E-state index in [4.69, 9.17) is 5.26 Å². The summed E-state index contributed by atoms with van der Waals surface area (Å²) in [5, 5.41) is 16.6. The number of anilines is 1. The zero-order valence-corrected chi connectivity index (χ0v) is 17.4. The summed E-state index contributed by atoms with van der Waals surface area (Å²) in [5.74, 6) is -0.412. The number of nitrogens with zero attached hydrogens (tertiary/aromatic N) is 4. The smallest absolute Gasteiger partial charge is 0.226 e. The molecule has 3 aromatic rings. The maximum absolute atomic E-state index is 13.1. The van der Waals surface area contributed by atoms with E-state index in [-0.39, 0.29) is 11.7 Å². The van der Waals surface area contributed by atoms with Gasteiger partial charge in [-0.15, -0.1) is 11.3 Å². The summed E-state index contributed by atoms with van der Waals surface area (Å²) in [6.07, 6.45) is 1.29. The minimum atomic E-state index is -0.295. The van der Waals surface area contributed by atoms with Gasteiger partial charge in [-0.3, -0.25) is 9.48 Å². The Morgan fingerprint density at radius 1 is 1.28 bits per heavy atom. The normalized spacial score (nSPS) is 10.7. The third-order valence-electron chi connectivity index (χ3n) is 4.73. The van der Waals surface area contributed by atoms with E-state index in [1.165, 1.54) is 23.5 Å². The molecule has 1 amide bonds. The number of carbonyl (C=O) groups excluding carboxylic acids is 1. The highest BCUT2D eigenvalue weighted by molar-refractivity contribution is 7.16. The fraction of sp³-hybridized carbons (Fsp3) is 0.333. The monoisotopic (exact) mass is 411 g/mol. The molecular weight excluding hydrogens is 389 g/mol. The number of nitrogens with one attached hydrogen (secondary N) is 1. The van der Waals surface area contributed by atoms with Crippen LogP contribution in [-0.4, -0.2) is 20.7 Å². The average Bonchev–Trinajstić information content (AvgIpc) is 3.18. The van der Waals surface area contributed by atoms with Crippen LogP contribution in [0.3, 0.4) is 0 Å². The highest BCUT2D eigenvalue weighted by Gasteiger charge is 2.15. The minimum Gasteiger partial charge on any atom is -0.302 e. The third-order valence-corrected chi connectivity index (χ3v) is 5.62. The zero-order chi connectivity index (χ0) is 21.0. The van der Waals surface area contributed by atoms with Crippen LogP contribution < -0.4 is 5.32 Å². The van der Waals surface area contributed by atoms with Crippen LogP contribution in [0.5, 0.6) is 0 Å². The first-order chi connectivity index (χ1) is 13.9. The molecule has 0 bridgehead atoms. The Balaban J connectivity index is 1.63. The van der Waals surface area contributed by atoms with Crippen LogP contribution in [0.1, 0.15) is 34.7 Å². The summed E-state index contributed by atoms with van der Waals surface area (Å²) in [6, 6.07) is 8.27. The van der Waals surface area contributed by atoms with Gasteiger partial charge < -0.3 is 5.32 Å². The van der Waals surface area contributed by atoms with Gasteiger partial charge in [0.2, 0.25) is 5.91 Å². The fourth-order valence-electron chi connectivity index (χ4n) is 3.22. The van der Waals surface area contributed by atoms with Crippen LogP contribution in [-0.2, 0) is 17.8 Å². The molecule has 2 aromatic heterocycles. The topological polar surface area (TPSA) is 83.6 Å². The predicted octanol–water partition coefficient (Wildman–Crippen LogP) is 4.56. The van der Waals surface area contributed by atoms with Crippen LogP contribution in [0.25, 0.3) is 11.3 Å². The first-order valence-corrected chi connectivity index (χ1v) is 10.1. The van der Waals surface area contributed by atoms with Crippen molar-refractivity contribution in [1.82, 2.24) is 14.8 Å². The summed E-state index contributed by atoms with van der Waals surface area (Å²) in [4.78, 5) is 17.9. The van der Waals surface area contributed by atoms with Gasteiger partial charge in [0, 0.05) is 22.6 Å². The van der Waals surface area contributed by atoms with Crippen LogP contribution in [0.15, 0.2) is 24.3 Å². The number of amides is 1. The van der Waals surface area contributed by atoms with E-state index >= 15 is 0 Å². The van der Waals surface area contributed by atoms with E-state index in [1.807, 2.05) is 25.5 Å². The van der Waals surface area contributed by atoms with Crippen molar-refractivity contribution >= 4 is 22.4 Å². The number of carbonyl (C=O) groups is 1. The van der Waals surface area contributed by atoms with E-state index in [0.29, 0.717) is 30.9 Å². The lowest BCUT2D eigenvalue weighted by molar-refractivity contribution is -0.116. The van der Waals surface area contributed by atoms with Gasteiger partial charge in [-0.1, -0.05) is 0 Å². The summed E-state index contributed by atoms with van der Waals surface area (Å²) >= 11 is 1.40. The molecule has 6 nitrogen and oxygen atoms in total. The number of hydrogen-bond acceptors (Lipinski definition) is 5. The van der Waals surface area contributed by atoms with Crippen LogP contribution in [0.4, 0.5) is 9.52 Å². The van der Waals surface area contributed by atoms with Crippen molar-refractivity contribution in [2.75, 3.05) is 5.32 Å². The Hall–Kier alpha value is -3.05. The minimum absolute atomic E-state index is 0.118. The highest BCUT2D eigenvalue weighted by Crippen LogP contribution is 2.30. The molecule has 0 fully saturated rings. The average molecular weight is 412 g/mol. The Labute approximate surface area is 173 Å². The second kappa shape index (κ2) is 8.97. The number of halogens is 1. The van der Waals surface area contributed by atoms with Gasteiger partial charge in [0.15, 0.2) is 5.13 Å². The molecule has 2 heterocycles. The SMILES string of the molecule is Cc1nn(CCC#N)c(C)c1CCC(=O)Nc1nc(-c2ccc(F)cc2)c(C)s1. The van der Waals surface area contributed by atoms with E-state index < -0.39 is 0 Å². The molecule has 0 saturated carbocycles. The molecule has 0 unspecified atom stereocenters. The molecule has 0 aliphatic rings. The summed E-state index contributed by atoms with van der Waals surface area (Å²) < 4.78 is 15.0. The van der Waals surface area contributed by atoms with Gasteiger partial charge in [-0.25, -0.2) is 9.37 Å². The molecule has 0 saturated heterocycles. The maximum Gasteiger partial charge on any atom is 0.226 e. The van der Waals surface area contributed by atoms with Gasteiger partial charge in [0.1, 0.15) is 5.82 Å². The Morgan fingerprint density at radius 3 is 2.69 bits per heavy atom. The molecule has 1 N–H and O–H groups in total. The van der Waals surface area contributed by atoms with E-state index in [2.05, 4.69) is 21.5 Å². The second-order valence-electron chi connectivity index (χ2n) is 6.76. The van der Waals surface area contributed by atoms with Crippen LogP contribution >= 0.6 is 11.3 Å². The predicted molar refractivity (Wildman–Crippen MR) is 111 cm³/mol. The molecule has 0 spiro atoms. The van der Waals surface area contributed by atoms with Crippen molar-refractivity contribution in [1.29, 1.82) is 5.26 Å². The Bertz CT molecular complexity index is 1060. The molecular formula is C21H22FN5OS. The number of aromatic nitrogens is 3. The van der Waals surface area contributed by atoms with E-state index in [9.17, 15) is 9.18 Å². The number of rotatable bonds is 7. The summed E-state index contributed by atoms with van der Waals surface area (Å²) in [5.41, 5.74) is 4.49. The van der Waals surface area contributed by atoms with Gasteiger partial charge in [0.25, 0.3) is 0 Å². The molecule has 3 rings (SSSR count). The Kier molecular flexibility index (Phi) is 6.39. The number of aryl methyl sites for hydroxylation is 3. The second-order valence-corrected chi connectivity index (χ2v) is 7.96. The number of benzene rings is 1. The van der Waals surface area contributed by atoms with Crippen molar-refractivity contribution in [3.63, 3.8) is 0 Å². The molecule has 29 heavy (non-hydrogen) atoms. The van der Waals surface area contributed by atoms with Crippen molar-refractivity contribution in [3.05, 3.63) is 51.9 Å². The fourth-order valence-corrected chi connectivity index (χ4v) is 4.07. The maximum atomic E-state index is 13.1. The quantitative estimate of drug-likeness (QED) is 0.618. The lowest BCUT2D eigenvalue weighted by Gasteiger charge is -2.04. The van der Waals surface area contributed by atoms with Crippen LogP contribution in [0, 0.1) is 37.9 Å². The lowest BCUT2D eigenvalue weighted by Crippen LogP contribution is -2.12. The number of hydrogen-bond donors (Lipinski definition) is 1. The third kappa shape index (κ3) is 4.87. The van der Waals surface area contributed by atoms with Crippen LogP contribution in [0.2, 0.25) is 0 Å². The van der Waals surface area contributed by atoms with Crippen molar-refractivity contribution in [3.8, 4) is 17.3 Å². The molecule has 0 radical (unpaired) electrons. The zero-order valence-electron chi connectivity index (χ0n) is 16.6. The Morgan fingerprint density at radius 2 is 2.00 bits per heavy atom. The molecule has 0 aliphatic heterocycles. The molecule has 150 valence electrons. The van der Waals surface area contributed by atoms with E-state index in [0.717, 1.165) is 33.1 Å². The molecule has 0 aliphatic carbocycles. The van der Waals surface area contributed by atoms with Gasteiger partial charge in [-0.2, -0.15) is 10.4 Å². The lowest BCUT2D eigenvalue weighted by atomic mass is 10.1. The van der Waals surface area contributed by atoms with Gasteiger partial charge >= 0.3 is 0 Å². The molecule has 1 aromatic carbocycles.